The molecule has 2 N–H and O–H groups in total. The Hall–Kier alpha value is -0.120. The summed E-state index contributed by atoms with van der Waals surface area (Å²) in [6.07, 6.45) is 10.0. The quantitative estimate of drug-likeness (QED) is 0.756. The first-order valence-electron chi connectivity index (χ1n) is 9.46. The van der Waals surface area contributed by atoms with E-state index >= 15 is 0 Å². The third-order valence-corrected chi connectivity index (χ3v) is 7.48. The summed E-state index contributed by atoms with van der Waals surface area (Å²) in [4.78, 5) is 0. The lowest BCUT2D eigenvalue weighted by atomic mass is 9.70. The van der Waals surface area contributed by atoms with E-state index < -0.39 is 0 Å². The smallest absolute Gasteiger partial charge is 0.0686 e. The molecule has 2 bridgehead atoms. The van der Waals surface area contributed by atoms with Crippen molar-refractivity contribution >= 4 is 0 Å². The summed E-state index contributed by atoms with van der Waals surface area (Å²) in [7, 11) is 0. The minimum atomic E-state index is -0.264. The molecular formula is C19H35NO2. The van der Waals surface area contributed by atoms with Crippen LogP contribution in [0, 0.1) is 16.7 Å². The van der Waals surface area contributed by atoms with Crippen LogP contribution >= 0.6 is 0 Å². The molecule has 0 aliphatic heterocycles. The molecule has 3 aliphatic carbocycles. The van der Waals surface area contributed by atoms with Crippen LogP contribution in [-0.2, 0) is 4.74 Å². The van der Waals surface area contributed by atoms with Crippen LogP contribution in [0.15, 0.2) is 0 Å². The predicted molar refractivity (Wildman–Crippen MR) is 89.9 cm³/mol. The van der Waals surface area contributed by atoms with Crippen molar-refractivity contribution in [3.8, 4) is 0 Å². The van der Waals surface area contributed by atoms with E-state index in [2.05, 4.69) is 26.1 Å². The summed E-state index contributed by atoms with van der Waals surface area (Å²) in [5.74, 6) is 0.830. The Labute approximate surface area is 136 Å². The lowest BCUT2D eigenvalue weighted by molar-refractivity contribution is -0.0546. The molecule has 0 amide bonds. The van der Waals surface area contributed by atoms with Crippen LogP contribution in [0.5, 0.6) is 0 Å². The third-order valence-electron chi connectivity index (χ3n) is 7.48. The van der Waals surface area contributed by atoms with Gasteiger partial charge in [0.15, 0.2) is 0 Å². The van der Waals surface area contributed by atoms with E-state index in [9.17, 15) is 5.11 Å². The molecule has 0 unspecified atom stereocenters. The fourth-order valence-corrected chi connectivity index (χ4v) is 5.26. The number of aliphatic hydroxyl groups excluding tert-OH is 1. The molecule has 0 radical (unpaired) electrons. The van der Waals surface area contributed by atoms with Crippen LogP contribution in [0.1, 0.15) is 72.1 Å². The Morgan fingerprint density at radius 1 is 1.18 bits per heavy atom. The molecule has 22 heavy (non-hydrogen) atoms. The SMILES string of the molecule is CC1(C)[C@H]2CC[C@@]1(C)[C@H](OCC[C@@H](O)CNC1CCCC1)C2. The van der Waals surface area contributed by atoms with Crippen molar-refractivity contribution in [2.45, 2.75) is 90.4 Å². The van der Waals surface area contributed by atoms with Gasteiger partial charge in [-0.25, -0.2) is 0 Å². The molecule has 0 heterocycles. The molecule has 3 rings (SSSR count). The standard InChI is InChI=1S/C19H35NO2/c1-18(2)14-8-10-19(18,3)17(12-14)22-11-9-16(21)13-20-15-6-4-5-7-15/h14-17,20-21H,4-13H2,1-3H3/t14-,16+,17+,19-/m0/s1. The molecule has 0 spiro atoms. The van der Waals surface area contributed by atoms with Crippen molar-refractivity contribution in [3.05, 3.63) is 0 Å². The molecule has 0 aromatic carbocycles. The molecule has 0 saturated heterocycles. The van der Waals surface area contributed by atoms with E-state index in [0.717, 1.165) is 18.9 Å². The highest BCUT2D eigenvalue weighted by Crippen LogP contribution is 2.66. The number of hydrogen-bond donors (Lipinski definition) is 2. The van der Waals surface area contributed by atoms with Crippen molar-refractivity contribution < 1.29 is 9.84 Å². The van der Waals surface area contributed by atoms with Crippen molar-refractivity contribution in [1.82, 2.24) is 5.32 Å². The Morgan fingerprint density at radius 2 is 1.91 bits per heavy atom. The van der Waals surface area contributed by atoms with Gasteiger partial charge in [-0.2, -0.15) is 0 Å². The van der Waals surface area contributed by atoms with Crippen molar-refractivity contribution in [1.29, 1.82) is 0 Å². The van der Waals surface area contributed by atoms with Gasteiger partial charge in [0.05, 0.1) is 12.2 Å². The van der Waals surface area contributed by atoms with Crippen LogP contribution in [0.2, 0.25) is 0 Å². The average Bonchev–Trinajstić information content (AvgIpc) is 3.11. The highest BCUT2D eigenvalue weighted by atomic mass is 16.5. The zero-order valence-corrected chi connectivity index (χ0v) is 14.7. The van der Waals surface area contributed by atoms with Gasteiger partial charge >= 0.3 is 0 Å². The topological polar surface area (TPSA) is 41.5 Å². The molecule has 3 saturated carbocycles. The molecular weight excluding hydrogens is 274 g/mol. The maximum atomic E-state index is 10.1. The lowest BCUT2D eigenvalue weighted by Crippen LogP contribution is -2.38. The van der Waals surface area contributed by atoms with Crippen molar-refractivity contribution in [3.63, 3.8) is 0 Å². The first-order chi connectivity index (χ1) is 10.4. The number of aliphatic hydroxyl groups is 1. The van der Waals surface area contributed by atoms with Gasteiger partial charge < -0.3 is 15.2 Å². The van der Waals surface area contributed by atoms with E-state index in [4.69, 9.17) is 4.74 Å². The van der Waals surface area contributed by atoms with E-state index in [0.29, 0.717) is 29.6 Å². The van der Waals surface area contributed by atoms with Gasteiger partial charge in [0.1, 0.15) is 0 Å². The second-order valence-electron chi connectivity index (χ2n) is 8.80. The van der Waals surface area contributed by atoms with Crippen LogP contribution in [-0.4, -0.2) is 36.5 Å². The molecule has 3 aliphatic rings. The molecule has 0 aromatic rings. The fourth-order valence-electron chi connectivity index (χ4n) is 5.26. The zero-order chi connectivity index (χ0) is 15.8. The fraction of sp³-hybridized carbons (Fsp3) is 1.00. The molecule has 4 atom stereocenters. The van der Waals surface area contributed by atoms with Gasteiger partial charge in [-0.15, -0.1) is 0 Å². The highest BCUT2D eigenvalue weighted by molar-refractivity contribution is 5.11. The first kappa shape index (κ1) is 16.7. The number of ether oxygens (including phenoxy) is 1. The average molecular weight is 309 g/mol. The van der Waals surface area contributed by atoms with E-state index in [-0.39, 0.29) is 6.10 Å². The Morgan fingerprint density at radius 3 is 2.50 bits per heavy atom. The summed E-state index contributed by atoms with van der Waals surface area (Å²) in [6.45, 7) is 8.70. The normalized spacial score (nSPS) is 38.7. The highest BCUT2D eigenvalue weighted by Gasteiger charge is 2.61. The number of fused-ring (bicyclic) bond motifs is 2. The number of rotatable bonds is 7. The zero-order valence-electron chi connectivity index (χ0n) is 14.7. The molecule has 128 valence electrons. The summed E-state index contributed by atoms with van der Waals surface area (Å²) < 4.78 is 6.23. The second kappa shape index (κ2) is 6.41. The minimum absolute atomic E-state index is 0.264. The van der Waals surface area contributed by atoms with Gasteiger partial charge in [0, 0.05) is 19.2 Å². The van der Waals surface area contributed by atoms with E-state index in [1.807, 2.05) is 0 Å². The molecule has 3 heteroatoms. The second-order valence-corrected chi connectivity index (χ2v) is 8.80. The van der Waals surface area contributed by atoms with Crippen LogP contribution in [0.3, 0.4) is 0 Å². The molecule has 3 fully saturated rings. The minimum Gasteiger partial charge on any atom is -0.392 e. The van der Waals surface area contributed by atoms with Crippen LogP contribution < -0.4 is 5.32 Å². The maximum Gasteiger partial charge on any atom is 0.0686 e. The van der Waals surface area contributed by atoms with Gasteiger partial charge in [-0.3, -0.25) is 0 Å². The third kappa shape index (κ3) is 2.97. The van der Waals surface area contributed by atoms with E-state index in [1.165, 1.54) is 44.9 Å². The lowest BCUT2D eigenvalue weighted by Gasteiger charge is -2.39. The van der Waals surface area contributed by atoms with E-state index in [1.54, 1.807) is 0 Å². The van der Waals surface area contributed by atoms with Gasteiger partial charge in [0.2, 0.25) is 0 Å². The maximum absolute atomic E-state index is 10.1. The Balaban J connectivity index is 1.37. The predicted octanol–water partition coefficient (Wildman–Crippen LogP) is 3.50. The Kier molecular flexibility index (Phi) is 4.87. The monoisotopic (exact) mass is 309 g/mol. The number of hydrogen-bond acceptors (Lipinski definition) is 3. The van der Waals surface area contributed by atoms with Gasteiger partial charge in [-0.05, 0) is 55.3 Å². The van der Waals surface area contributed by atoms with Crippen LogP contribution in [0.4, 0.5) is 0 Å². The first-order valence-corrected chi connectivity index (χ1v) is 9.46. The summed E-state index contributed by atoms with van der Waals surface area (Å²) in [6, 6.07) is 0.640. The van der Waals surface area contributed by atoms with Crippen molar-refractivity contribution in [2.75, 3.05) is 13.2 Å². The molecule has 0 aromatic heterocycles. The van der Waals surface area contributed by atoms with Gasteiger partial charge in [-0.1, -0.05) is 33.6 Å². The van der Waals surface area contributed by atoms with Gasteiger partial charge in [0.25, 0.3) is 0 Å². The number of nitrogens with one attached hydrogen (secondary N) is 1. The van der Waals surface area contributed by atoms with Crippen molar-refractivity contribution in [2.24, 2.45) is 16.7 Å². The molecule has 3 nitrogen and oxygen atoms in total. The largest absolute Gasteiger partial charge is 0.392 e. The summed E-state index contributed by atoms with van der Waals surface area (Å²) in [5.41, 5.74) is 0.755. The summed E-state index contributed by atoms with van der Waals surface area (Å²) >= 11 is 0. The van der Waals surface area contributed by atoms with Crippen LogP contribution in [0.25, 0.3) is 0 Å². The Bertz CT molecular complexity index is 378. The summed E-state index contributed by atoms with van der Waals surface area (Å²) in [5, 5.41) is 13.6.